The van der Waals surface area contributed by atoms with E-state index in [1.807, 2.05) is 12.1 Å². The summed E-state index contributed by atoms with van der Waals surface area (Å²) in [7, 11) is 1.68. The van der Waals surface area contributed by atoms with Crippen molar-refractivity contribution in [2.45, 2.75) is 26.7 Å². The van der Waals surface area contributed by atoms with Crippen molar-refractivity contribution in [1.82, 2.24) is 5.32 Å². The Hall–Kier alpha value is -1.51. The van der Waals surface area contributed by atoms with Crippen LogP contribution in [0.5, 0.6) is 5.75 Å². The Morgan fingerprint density at radius 1 is 1.50 bits per heavy atom. The Labute approximate surface area is 109 Å². The van der Waals surface area contributed by atoms with Gasteiger partial charge in [0.1, 0.15) is 5.75 Å². The van der Waals surface area contributed by atoms with E-state index in [1.54, 1.807) is 7.11 Å². The first-order valence-electron chi connectivity index (χ1n) is 6.53. The van der Waals surface area contributed by atoms with E-state index in [0.29, 0.717) is 12.5 Å². The van der Waals surface area contributed by atoms with Crippen molar-refractivity contribution in [3.05, 3.63) is 29.3 Å². The normalized spacial score (nSPS) is 21.5. The van der Waals surface area contributed by atoms with E-state index < -0.39 is 0 Å². The van der Waals surface area contributed by atoms with Crippen molar-refractivity contribution in [2.75, 3.05) is 13.7 Å². The highest BCUT2D eigenvalue weighted by molar-refractivity contribution is 5.81. The van der Waals surface area contributed by atoms with Crippen molar-refractivity contribution in [2.24, 2.45) is 11.8 Å². The zero-order valence-corrected chi connectivity index (χ0v) is 11.3. The quantitative estimate of drug-likeness (QED) is 0.867. The number of carbonyl (C=O) groups is 1. The van der Waals surface area contributed by atoms with E-state index in [0.717, 1.165) is 24.2 Å². The molecule has 2 rings (SSSR count). The van der Waals surface area contributed by atoms with Gasteiger partial charge in [0, 0.05) is 12.5 Å². The van der Waals surface area contributed by atoms with Crippen LogP contribution in [0.4, 0.5) is 0 Å². The minimum atomic E-state index is 0.203. The molecule has 0 saturated heterocycles. The molecule has 0 heterocycles. The molecule has 1 N–H and O–H groups in total. The van der Waals surface area contributed by atoms with Crippen LogP contribution in [-0.4, -0.2) is 19.6 Å². The van der Waals surface area contributed by atoms with Crippen LogP contribution < -0.4 is 10.1 Å². The van der Waals surface area contributed by atoms with Crippen LogP contribution in [0.25, 0.3) is 0 Å². The predicted octanol–water partition coefficient (Wildman–Crippen LogP) is 2.32. The lowest BCUT2D eigenvalue weighted by atomic mass is 10.1. The third-order valence-electron chi connectivity index (χ3n) is 3.58. The number of carbonyl (C=O) groups excluding carboxylic acids is 1. The molecule has 1 saturated carbocycles. The third-order valence-corrected chi connectivity index (χ3v) is 3.58. The summed E-state index contributed by atoms with van der Waals surface area (Å²) < 4.78 is 5.32. The summed E-state index contributed by atoms with van der Waals surface area (Å²) in [6, 6.07) is 6.13. The lowest BCUT2D eigenvalue weighted by Gasteiger charge is -2.10. The standard InChI is InChI=1S/C15H21NO2/c1-10-4-5-14(18-3)12(8-10)6-7-16-15(17)13-9-11(13)2/h4-5,8,11,13H,6-7,9H2,1-3H3,(H,16,17)/t11-,13-/m1/s1. The maximum Gasteiger partial charge on any atom is 0.223 e. The van der Waals surface area contributed by atoms with Crippen molar-refractivity contribution < 1.29 is 9.53 Å². The summed E-state index contributed by atoms with van der Waals surface area (Å²) in [5.41, 5.74) is 2.37. The molecular formula is C15H21NO2. The smallest absolute Gasteiger partial charge is 0.223 e. The maximum absolute atomic E-state index is 11.7. The fraction of sp³-hybridized carbons (Fsp3) is 0.533. The van der Waals surface area contributed by atoms with Crippen molar-refractivity contribution in [3.8, 4) is 5.75 Å². The van der Waals surface area contributed by atoms with Crippen LogP contribution in [-0.2, 0) is 11.2 Å². The highest BCUT2D eigenvalue weighted by atomic mass is 16.5. The summed E-state index contributed by atoms with van der Waals surface area (Å²) in [6.07, 6.45) is 1.86. The number of rotatable bonds is 5. The highest BCUT2D eigenvalue weighted by Gasteiger charge is 2.38. The first-order valence-corrected chi connectivity index (χ1v) is 6.53. The zero-order chi connectivity index (χ0) is 13.1. The number of aryl methyl sites for hydroxylation is 1. The molecule has 1 amide bonds. The SMILES string of the molecule is COc1ccc(C)cc1CCNC(=O)[C@@H]1C[C@H]1C. The van der Waals surface area contributed by atoms with Crippen molar-refractivity contribution in [3.63, 3.8) is 0 Å². The lowest BCUT2D eigenvalue weighted by molar-refractivity contribution is -0.122. The van der Waals surface area contributed by atoms with Crippen LogP contribution in [0.2, 0.25) is 0 Å². The molecule has 18 heavy (non-hydrogen) atoms. The number of amides is 1. The van der Waals surface area contributed by atoms with Crippen molar-refractivity contribution in [1.29, 1.82) is 0 Å². The van der Waals surface area contributed by atoms with Gasteiger partial charge in [0.05, 0.1) is 7.11 Å². The number of hydrogen-bond donors (Lipinski definition) is 1. The second kappa shape index (κ2) is 5.42. The third kappa shape index (κ3) is 3.03. The van der Waals surface area contributed by atoms with Gasteiger partial charge in [-0.25, -0.2) is 0 Å². The number of benzene rings is 1. The molecule has 0 spiro atoms. The molecule has 0 bridgehead atoms. The van der Waals surface area contributed by atoms with Gasteiger partial charge in [0.2, 0.25) is 5.91 Å². The van der Waals surface area contributed by atoms with Crippen LogP contribution in [0.3, 0.4) is 0 Å². The van der Waals surface area contributed by atoms with Crippen LogP contribution in [0.15, 0.2) is 18.2 Å². The second-order valence-electron chi connectivity index (χ2n) is 5.18. The van der Waals surface area contributed by atoms with Gasteiger partial charge in [0.15, 0.2) is 0 Å². The molecule has 0 unspecified atom stereocenters. The van der Waals surface area contributed by atoms with Crippen LogP contribution in [0, 0.1) is 18.8 Å². The largest absolute Gasteiger partial charge is 0.496 e. The summed E-state index contributed by atoms with van der Waals surface area (Å²) >= 11 is 0. The monoisotopic (exact) mass is 247 g/mol. The molecule has 3 nitrogen and oxygen atoms in total. The van der Waals surface area contributed by atoms with Gasteiger partial charge in [-0.1, -0.05) is 24.6 Å². The summed E-state index contributed by atoms with van der Waals surface area (Å²) in [5, 5.41) is 3.00. The summed E-state index contributed by atoms with van der Waals surface area (Å²) in [4.78, 5) is 11.7. The summed E-state index contributed by atoms with van der Waals surface area (Å²) in [5.74, 6) is 1.92. The van der Waals surface area contributed by atoms with Crippen LogP contribution in [0.1, 0.15) is 24.5 Å². The molecule has 1 aliphatic rings. The highest BCUT2D eigenvalue weighted by Crippen LogP contribution is 2.37. The summed E-state index contributed by atoms with van der Waals surface area (Å²) in [6.45, 7) is 4.86. The van der Waals surface area contributed by atoms with E-state index >= 15 is 0 Å². The molecule has 1 fully saturated rings. The molecule has 0 radical (unpaired) electrons. The molecule has 1 aromatic rings. The Kier molecular flexibility index (Phi) is 3.90. The molecule has 0 aromatic heterocycles. The fourth-order valence-corrected chi connectivity index (χ4v) is 2.24. The molecule has 1 aromatic carbocycles. The molecule has 98 valence electrons. The molecule has 0 aliphatic heterocycles. The van der Waals surface area contributed by atoms with E-state index in [2.05, 4.69) is 25.2 Å². The Morgan fingerprint density at radius 3 is 2.83 bits per heavy atom. The lowest BCUT2D eigenvalue weighted by Crippen LogP contribution is -2.27. The number of nitrogens with one attached hydrogen (secondary N) is 1. The second-order valence-corrected chi connectivity index (χ2v) is 5.18. The topological polar surface area (TPSA) is 38.3 Å². The van der Waals surface area contributed by atoms with Gasteiger partial charge in [-0.2, -0.15) is 0 Å². The van der Waals surface area contributed by atoms with E-state index in [9.17, 15) is 4.79 Å². The van der Waals surface area contributed by atoms with Gasteiger partial charge < -0.3 is 10.1 Å². The van der Waals surface area contributed by atoms with Gasteiger partial charge in [-0.05, 0) is 37.3 Å². The average molecular weight is 247 g/mol. The Bertz CT molecular complexity index is 442. The van der Waals surface area contributed by atoms with Gasteiger partial charge in [-0.3, -0.25) is 4.79 Å². The van der Waals surface area contributed by atoms with Gasteiger partial charge >= 0.3 is 0 Å². The average Bonchev–Trinajstić information content (AvgIpc) is 3.07. The molecule has 2 atom stereocenters. The Morgan fingerprint density at radius 2 is 2.22 bits per heavy atom. The number of hydrogen-bond acceptors (Lipinski definition) is 2. The first kappa shape index (κ1) is 12.9. The predicted molar refractivity (Wildman–Crippen MR) is 71.7 cm³/mol. The van der Waals surface area contributed by atoms with Crippen LogP contribution >= 0.6 is 0 Å². The number of methoxy groups -OCH3 is 1. The maximum atomic E-state index is 11.7. The molecule has 3 heteroatoms. The minimum Gasteiger partial charge on any atom is -0.496 e. The molecule has 1 aliphatic carbocycles. The molecular weight excluding hydrogens is 226 g/mol. The van der Waals surface area contributed by atoms with Crippen molar-refractivity contribution >= 4 is 5.91 Å². The van der Waals surface area contributed by atoms with E-state index in [1.165, 1.54) is 5.56 Å². The van der Waals surface area contributed by atoms with Gasteiger partial charge in [0.25, 0.3) is 0 Å². The zero-order valence-electron chi connectivity index (χ0n) is 11.3. The fourth-order valence-electron chi connectivity index (χ4n) is 2.24. The van der Waals surface area contributed by atoms with E-state index in [-0.39, 0.29) is 11.8 Å². The first-order chi connectivity index (χ1) is 8.61. The van der Waals surface area contributed by atoms with E-state index in [4.69, 9.17) is 4.74 Å². The minimum absolute atomic E-state index is 0.203. The Balaban J connectivity index is 1.86. The number of ether oxygens (including phenoxy) is 1. The van der Waals surface area contributed by atoms with Gasteiger partial charge in [-0.15, -0.1) is 0 Å².